The number of nitrogens with one attached hydrogen (secondary N) is 2. The largest absolute Gasteiger partial charge is 0.480 e. The highest BCUT2D eigenvalue weighted by Gasteiger charge is 2.57. The van der Waals surface area contributed by atoms with Gasteiger partial charge in [0.05, 0.1) is 6.04 Å². The van der Waals surface area contributed by atoms with E-state index >= 15 is 0 Å². The van der Waals surface area contributed by atoms with Gasteiger partial charge in [-0.25, -0.2) is 8.78 Å². The third-order valence-electron chi connectivity index (χ3n) is 5.49. The van der Waals surface area contributed by atoms with Crippen LogP contribution < -0.4 is 10.2 Å². The number of halogens is 2. The van der Waals surface area contributed by atoms with E-state index in [1.165, 1.54) is 6.07 Å². The van der Waals surface area contributed by atoms with E-state index in [-0.39, 0.29) is 24.1 Å². The van der Waals surface area contributed by atoms with Crippen molar-refractivity contribution in [1.82, 2.24) is 15.5 Å². The van der Waals surface area contributed by atoms with Crippen LogP contribution in [0.1, 0.15) is 47.8 Å². The lowest BCUT2D eigenvalue weighted by Gasteiger charge is -2.25. The number of carboxylic acid groups (broad SMARTS) is 1. The summed E-state index contributed by atoms with van der Waals surface area (Å²) in [6.07, 6.45) is 1.69. The Morgan fingerprint density at radius 1 is 1.24 bits per heavy atom. The molecule has 0 spiro atoms. The predicted octanol–water partition coefficient (Wildman–Crippen LogP) is 2.15. The number of hydrogen-bond acceptors (Lipinski definition) is 5. The molecule has 1 aromatic heterocycles. The normalized spacial score (nSPS) is 19.8. The maximum absolute atomic E-state index is 14.2. The molecule has 10 heteroatoms. The standard InChI is InChI=1S/C19H18F2N4O4/c20-10-3-4-12(21)11(8-10)14-2-1-7-25(14)15-9-13(23-24-15)16(26)22-17(27)19(5-6-19)18(28)29/h3-4,8-9,14H,1-2,5-7H2,(H,23,24)(H,28,29)(H,22,26,27)/t14-/m1/s1. The van der Waals surface area contributed by atoms with Crippen molar-refractivity contribution in [2.75, 3.05) is 11.4 Å². The second kappa shape index (κ2) is 6.94. The molecule has 3 N–H and O–H groups in total. The predicted molar refractivity (Wildman–Crippen MR) is 96.0 cm³/mol. The molecule has 1 aliphatic heterocycles. The molecule has 0 unspecified atom stereocenters. The van der Waals surface area contributed by atoms with E-state index in [1.54, 1.807) is 4.90 Å². The van der Waals surface area contributed by atoms with Gasteiger partial charge in [0, 0.05) is 18.2 Å². The van der Waals surface area contributed by atoms with Crippen LogP contribution >= 0.6 is 0 Å². The van der Waals surface area contributed by atoms with E-state index in [0.717, 1.165) is 24.6 Å². The summed E-state index contributed by atoms with van der Waals surface area (Å²) in [5.74, 6) is -3.62. The summed E-state index contributed by atoms with van der Waals surface area (Å²) >= 11 is 0. The summed E-state index contributed by atoms with van der Waals surface area (Å²) in [7, 11) is 0. The first-order valence-corrected chi connectivity index (χ1v) is 9.18. The molecular formula is C19H18F2N4O4. The van der Waals surface area contributed by atoms with Gasteiger partial charge in [0.1, 0.15) is 22.7 Å². The number of aliphatic carboxylic acids is 1. The molecule has 0 bridgehead atoms. The van der Waals surface area contributed by atoms with E-state index in [1.807, 2.05) is 0 Å². The summed E-state index contributed by atoms with van der Waals surface area (Å²) in [6, 6.07) is 4.24. The first kappa shape index (κ1) is 19.0. The number of carbonyl (C=O) groups excluding carboxylic acids is 2. The van der Waals surface area contributed by atoms with Gasteiger partial charge in [0.15, 0.2) is 5.82 Å². The Labute approximate surface area is 163 Å². The van der Waals surface area contributed by atoms with Crippen molar-refractivity contribution in [1.29, 1.82) is 0 Å². The fourth-order valence-electron chi connectivity index (χ4n) is 3.66. The van der Waals surface area contributed by atoms with Crippen LogP contribution in [0.2, 0.25) is 0 Å². The van der Waals surface area contributed by atoms with E-state index < -0.39 is 40.9 Å². The van der Waals surface area contributed by atoms with Gasteiger partial charge in [-0.15, -0.1) is 0 Å². The molecule has 29 heavy (non-hydrogen) atoms. The van der Waals surface area contributed by atoms with Crippen LogP contribution in [0.15, 0.2) is 24.3 Å². The van der Waals surface area contributed by atoms with Gasteiger partial charge in [0.2, 0.25) is 5.91 Å². The van der Waals surface area contributed by atoms with Crippen molar-refractivity contribution in [3.63, 3.8) is 0 Å². The van der Waals surface area contributed by atoms with Gasteiger partial charge in [-0.3, -0.25) is 24.8 Å². The number of carbonyl (C=O) groups is 3. The lowest BCUT2D eigenvalue weighted by Crippen LogP contribution is -2.40. The van der Waals surface area contributed by atoms with Gasteiger partial charge in [-0.1, -0.05) is 0 Å². The number of nitrogens with zero attached hydrogens (tertiary/aromatic N) is 2. The van der Waals surface area contributed by atoms with E-state index in [2.05, 4.69) is 15.5 Å². The smallest absolute Gasteiger partial charge is 0.319 e. The van der Waals surface area contributed by atoms with Gasteiger partial charge in [0.25, 0.3) is 5.91 Å². The Morgan fingerprint density at radius 2 is 2.00 bits per heavy atom. The fourth-order valence-corrected chi connectivity index (χ4v) is 3.66. The maximum atomic E-state index is 14.2. The third kappa shape index (κ3) is 3.34. The molecule has 2 aromatic rings. The Balaban J connectivity index is 1.51. The van der Waals surface area contributed by atoms with Crippen LogP contribution in [-0.2, 0) is 9.59 Å². The highest BCUT2D eigenvalue weighted by Crippen LogP contribution is 2.46. The SMILES string of the molecule is O=C(NC(=O)C1(C(=O)O)CC1)c1cc(N2CCC[C@@H]2c2cc(F)ccc2F)n[nH]1. The molecule has 2 heterocycles. The summed E-state index contributed by atoms with van der Waals surface area (Å²) in [4.78, 5) is 37.3. The minimum Gasteiger partial charge on any atom is -0.480 e. The molecule has 1 aliphatic carbocycles. The van der Waals surface area contributed by atoms with Crippen molar-refractivity contribution in [2.24, 2.45) is 5.41 Å². The van der Waals surface area contributed by atoms with Crippen LogP contribution in [0.3, 0.4) is 0 Å². The summed E-state index contributed by atoms with van der Waals surface area (Å²) < 4.78 is 27.8. The highest BCUT2D eigenvalue weighted by molar-refractivity contribution is 6.13. The Kier molecular flexibility index (Phi) is 4.56. The van der Waals surface area contributed by atoms with Crippen molar-refractivity contribution in [3.8, 4) is 0 Å². The molecule has 0 radical (unpaired) electrons. The molecule has 8 nitrogen and oxygen atoms in total. The van der Waals surface area contributed by atoms with E-state index in [9.17, 15) is 23.2 Å². The zero-order valence-corrected chi connectivity index (χ0v) is 15.2. The van der Waals surface area contributed by atoms with Crippen LogP contribution in [0, 0.1) is 17.0 Å². The molecule has 4 rings (SSSR count). The number of benzene rings is 1. The molecule has 2 fully saturated rings. The van der Waals surface area contributed by atoms with Crippen molar-refractivity contribution in [2.45, 2.75) is 31.7 Å². The van der Waals surface area contributed by atoms with E-state index in [0.29, 0.717) is 18.8 Å². The lowest BCUT2D eigenvalue weighted by atomic mass is 10.0. The second-order valence-corrected chi connectivity index (χ2v) is 7.33. The molecular weight excluding hydrogens is 386 g/mol. The third-order valence-corrected chi connectivity index (χ3v) is 5.49. The van der Waals surface area contributed by atoms with Crippen LogP contribution in [0.5, 0.6) is 0 Å². The van der Waals surface area contributed by atoms with Gasteiger partial charge in [-0.05, 0) is 43.9 Å². The number of anilines is 1. The summed E-state index contributed by atoms with van der Waals surface area (Å²) in [6.45, 7) is 0.535. The van der Waals surface area contributed by atoms with E-state index in [4.69, 9.17) is 5.11 Å². The molecule has 1 aromatic carbocycles. The summed E-state index contributed by atoms with van der Waals surface area (Å²) in [5.41, 5.74) is -1.35. The number of hydrogen-bond donors (Lipinski definition) is 3. The van der Waals surface area contributed by atoms with Crippen molar-refractivity contribution >= 4 is 23.6 Å². The number of aromatic amines is 1. The number of rotatable bonds is 5. The van der Waals surface area contributed by atoms with Crippen LogP contribution in [0.25, 0.3) is 0 Å². The first-order chi connectivity index (χ1) is 13.8. The second-order valence-electron chi connectivity index (χ2n) is 7.33. The van der Waals surface area contributed by atoms with Gasteiger partial charge in [-0.2, -0.15) is 5.10 Å². The van der Waals surface area contributed by atoms with Crippen molar-refractivity contribution in [3.05, 3.63) is 47.2 Å². The quantitative estimate of drug-likeness (QED) is 0.520. The van der Waals surface area contributed by atoms with Gasteiger partial charge >= 0.3 is 5.97 Å². The average molecular weight is 404 g/mol. The molecule has 2 amide bonds. The zero-order chi connectivity index (χ0) is 20.8. The molecule has 152 valence electrons. The number of amides is 2. The number of aromatic nitrogens is 2. The monoisotopic (exact) mass is 404 g/mol. The van der Waals surface area contributed by atoms with Crippen LogP contribution in [0.4, 0.5) is 14.6 Å². The zero-order valence-electron chi connectivity index (χ0n) is 15.2. The Morgan fingerprint density at radius 3 is 2.69 bits per heavy atom. The molecule has 1 atom stereocenters. The Bertz CT molecular complexity index is 1000. The Hall–Kier alpha value is -3.30. The lowest BCUT2D eigenvalue weighted by molar-refractivity contribution is -0.148. The maximum Gasteiger partial charge on any atom is 0.319 e. The average Bonchev–Trinajstić information content (AvgIpc) is 3.12. The van der Waals surface area contributed by atoms with Crippen LogP contribution in [-0.4, -0.2) is 39.6 Å². The molecule has 1 saturated heterocycles. The topological polar surface area (TPSA) is 115 Å². The minimum atomic E-state index is -1.53. The number of imide groups is 1. The summed E-state index contributed by atoms with van der Waals surface area (Å²) in [5, 5.41) is 17.8. The number of carboxylic acids is 1. The van der Waals surface area contributed by atoms with Gasteiger partial charge < -0.3 is 10.0 Å². The number of H-pyrrole nitrogens is 1. The first-order valence-electron chi connectivity index (χ1n) is 9.18. The van der Waals surface area contributed by atoms with Crippen molar-refractivity contribution < 1.29 is 28.3 Å². The fraction of sp³-hybridized carbons (Fsp3) is 0.368. The highest BCUT2D eigenvalue weighted by atomic mass is 19.1. The molecule has 2 aliphatic rings. The minimum absolute atomic E-state index is 0.0279. The molecule has 1 saturated carbocycles.